The summed E-state index contributed by atoms with van der Waals surface area (Å²) in [5.74, 6) is 1.18. The lowest BCUT2D eigenvalue weighted by molar-refractivity contribution is 0.298. The Kier molecular flexibility index (Phi) is 5.20. The third-order valence-corrected chi connectivity index (χ3v) is 4.68. The molecule has 0 spiro atoms. The van der Waals surface area contributed by atoms with E-state index in [1.165, 1.54) is 6.07 Å². The molecule has 0 bridgehead atoms. The summed E-state index contributed by atoms with van der Waals surface area (Å²) in [7, 11) is 0. The smallest absolute Gasteiger partial charge is 0.144 e. The van der Waals surface area contributed by atoms with Crippen molar-refractivity contribution in [1.82, 2.24) is 9.55 Å². The molecule has 0 N–H and O–H groups in total. The molecule has 28 heavy (non-hydrogen) atoms. The van der Waals surface area contributed by atoms with Gasteiger partial charge in [-0.15, -0.1) is 6.58 Å². The van der Waals surface area contributed by atoms with Gasteiger partial charge in [-0.25, -0.2) is 9.37 Å². The summed E-state index contributed by atoms with van der Waals surface area (Å²) >= 11 is 0. The third-order valence-electron chi connectivity index (χ3n) is 4.68. The predicted molar refractivity (Wildman–Crippen MR) is 111 cm³/mol. The minimum Gasteiger partial charge on any atom is -0.491 e. The van der Waals surface area contributed by atoms with Crippen molar-refractivity contribution in [3.05, 3.63) is 96.8 Å². The Bertz CT molecular complexity index is 1120. The molecular weight excluding hydrogens is 351 g/mol. The maximum absolute atomic E-state index is 14.4. The van der Waals surface area contributed by atoms with Gasteiger partial charge in [-0.1, -0.05) is 48.5 Å². The van der Waals surface area contributed by atoms with Crippen LogP contribution in [0.3, 0.4) is 0 Å². The molecule has 1 aromatic heterocycles. The Morgan fingerprint density at radius 1 is 0.964 bits per heavy atom. The highest BCUT2D eigenvalue weighted by Gasteiger charge is 2.15. The first-order chi connectivity index (χ1) is 13.8. The van der Waals surface area contributed by atoms with E-state index < -0.39 is 0 Å². The summed E-state index contributed by atoms with van der Waals surface area (Å²) in [5.41, 5.74) is 3.39. The second kappa shape index (κ2) is 8.09. The monoisotopic (exact) mass is 372 g/mol. The zero-order chi connectivity index (χ0) is 19.3. The zero-order valence-electron chi connectivity index (χ0n) is 15.5. The van der Waals surface area contributed by atoms with Gasteiger partial charge in [0.2, 0.25) is 0 Å². The van der Waals surface area contributed by atoms with Crippen molar-refractivity contribution in [1.29, 1.82) is 0 Å². The zero-order valence-corrected chi connectivity index (χ0v) is 15.5. The standard InChI is InChI=1S/C24H21FN2O/c1-2-9-18-10-3-8-15-23(18)28-17-16-27-22-14-7-6-13-21(22)26-24(27)19-11-4-5-12-20(19)25/h2-8,10-15H,1,9,16-17H2. The average molecular weight is 372 g/mol. The van der Waals surface area contributed by atoms with Gasteiger partial charge in [0.05, 0.1) is 23.1 Å². The molecule has 0 aliphatic heterocycles. The molecular formula is C24H21FN2O. The largest absolute Gasteiger partial charge is 0.491 e. The number of ether oxygens (including phenoxy) is 1. The van der Waals surface area contributed by atoms with Crippen molar-refractivity contribution < 1.29 is 9.13 Å². The lowest BCUT2D eigenvalue weighted by Crippen LogP contribution is -2.10. The van der Waals surface area contributed by atoms with E-state index >= 15 is 0 Å². The fourth-order valence-corrected chi connectivity index (χ4v) is 3.37. The summed E-state index contributed by atoms with van der Waals surface area (Å²) in [6.45, 7) is 4.82. The van der Waals surface area contributed by atoms with Crippen molar-refractivity contribution in [2.45, 2.75) is 13.0 Å². The molecule has 0 fully saturated rings. The molecule has 3 aromatic carbocycles. The van der Waals surface area contributed by atoms with Crippen LogP contribution in [0.1, 0.15) is 5.56 Å². The minimum absolute atomic E-state index is 0.281. The Morgan fingerprint density at radius 2 is 1.71 bits per heavy atom. The van der Waals surface area contributed by atoms with Crippen LogP contribution in [0.15, 0.2) is 85.5 Å². The van der Waals surface area contributed by atoms with E-state index in [0.29, 0.717) is 24.5 Å². The normalized spacial score (nSPS) is 10.9. The van der Waals surface area contributed by atoms with Crippen LogP contribution in [0.4, 0.5) is 4.39 Å². The average Bonchev–Trinajstić information content (AvgIpc) is 3.08. The SMILES string of the molecule is C=CCc1ccccc1OCCn1c(-c2ccccc2F)nc2ccccc21. The van der Waals surface area contributed by atoms with Crippen molar-refractivity contribution in [2.24, 2.45) is 0 Å². The highest BCUT2D eigenvalue weighted by Crippen LogP contribution is 2.27. The van der Waals surface area contributed by atoms with Gasteiger partial charge in [-0.3, -0.25) is 0 Å². The van der Waals surface area contributed by atoms with Gasteiger partial charge < -0.3 is 9.30 Å². The molecule has 1 heterocycles. The Balaban J connectivity index is 1.64. The molecule has 4 rings (SSSR count). The molecule has 4 heteroatoms. The fraction of sp³-hybridized carbons (Fsp3) is 0.125. The van der Waals surface area contributed by atoms with E-state index in [-0.39, 0.29) is 5.82 Å². The number of benzene rings is 3. The number of para-hydroxylation sites is 3. The van der Waals surface area contributed by atoms with Crippen LogP contribution < -0.4 is 4.74 Å². The molecule has 0 amide bonds. The van der Waals surface area contributed by atoms with Crippen LogP contribution in [-0.2, 0) is 13.0 Å². The molecule has 0 radical (unpaired) electrons. The van der Waals surface area contributed by atoms with Crippen molar-refractivity contribution >= 4 is 11.0 Å². The molecule has 0 unspecified atom stereocenters. The number of hydrogen-bond acceptors (Lipinski definition) is 2. The molecule has 140 valence electrons. The number of nitrogens with zero attached hydrogens (tertiary/aromatic N) is 2. The quantitative estimate of drug-likeness (QED) is 0.392. The van der Waals surface area contributed by atoms with Gasteiger partial charge in [-0.05, 0) is 42.3 Å². The van der Waals surface area contributed by atoms with Crippen molar-refractivity contribution in [3.63, 3.8) is 0 Å². The minimum atomic E-state index is -0.281. The number of aromatic nitrogens is 2. The molecule has 0 aliphatic carbocycles. The molecule has 4 aromatic rings. The summed E-state index contributed by atoms with van der Waals surface area (Å²) in [6.07, 6.45) is 2.62. The van der Waals surface area contributed by atoms with E-state index in [2.05, 4.69) is 11.6 Å². The van der Waals surface area contributed by atoms with Gasteiger partial charge >= 0.3 is 0 Å². The third kappa shape index (κ3) is 3.54. The Hall–Kier alpha value is -3.40. The van der Waals surface area contributed by atoms with E-state index in [0.717, 1.165) is 28.8 Å². The second-order valence-corrected chi connectivity index (χ2v) is 6.50. The Morgan fingerprint density at radius 3 is 2.57 bits per heavy atom. The number of allylic oxidation sites excluding steroid dienone is 1. The van der Waals surface area contributed by atoms with Crippen LogP contribution in [0.5, 0.6) is 5.75 Å². The first kappa shape index (κ1) is 18.0. The number of imidazole rings is 1. The van der Waals surface area contributed by atoms with Crippen LogP contribution >= 0.6 is 0 Å². The van der Waals surface area contributed by atoms with Crippen LogP contribution in [0.25, 0.3) is 22.4 Å². The van der Waals surface area contributed by atoms with Crippen LogP contribution in [-0.4, -0.2) is 16.2 Å². The molecule has 0 atom stereocenters. The highest BCUT2D eigenvalue weighted by molar-refractivity contribution is 5.80. The summed E-state index contributed by atoms with van der Waals surface area (Å²) in [6, 6.07) is 22.5. The van der Waals surface area contributed by atoms with E-state index in [1.807, 2.05) is 65.2 Å². The lowest BCUT2D eigenvalue weighted by atomic mass is 10.1. The van der Waals surface area contributed by atoms with Gasteiger partial charge in [0.25, 0.3) is 0 Å². The topological polar surface area (TPSA) is 27.1 Å². The number of rotatable bonds is 7. The first-order valence-electron chi connectivity index (χ1n) is 9.29. The lowest BCUT2D eigenvalue weighted by Gasteiger charge is -2.13. The maximum atomic E-state index is 14.4. The van der Waals surface area contributed by atoms with Crippen LogP contribution in [0, 0.1) is 5.82 Å². The second-order valence-electron chi connectivity index (χ2n) is 6.50. The summed E-state index contributed by atoms with van der Waals surface area (Å²) in [5, 5.41) is 0. The van der Waals surface area contributed by atoms with Gasteiger partial charge in [-0.2, -0.15) is 0 Å². The van der Waals surface area contributed by atoms with E-state index in [4.69, 9.17) is 4.74 Å². The van der Waals surface area contributed by atoms with Crippen molar-refractivity contribution in [3.8, 4) is 17.1 Å². The molecule has 0 saturated carbocycles. The van der Waals surface area contributed by atoms with Gasteiger partial charge in [0.15, 0.2) is 0 Å². The highest BCUT2D eigenvalue weighted by atomic mass is 19.1. The van der Waals surface area contributed by atoms with Gasteiger partial charge in [0.1, 0.15) is 24.0 Å². The number of fused-ring (bicyclic) bond motifs is 1. The first-order valence-corrected chi connectivity index (χ1v) is 9.29. The molecule has 3 nitrogen and oxygen atoms in total. The maximum Gasteiger partial charge on any atom is 0.144 e. The van der Waals surface area contributed by atoms with Gasteiger partial charge in [0, 0.05) is 0 Å². The number of halogens is 1. The summed E-state index contributed by atoms with van der Waals surface area (Å²) in [4.78, 5) is 4.67. The predicted octanol–water partition coefficient (Wildman–Crippen LogP) is 5.65. The summed E-state index contributed by atoms with van der Waals surface area (Å²) < 4.78 is 22.5. The molecule has 0 saturated heterocycles. The van der Waals surface area contributed by atoms with Crippen molar-refractivity contribution in [2.75, 3.05) is 6.61 Å². The van der Waals surface area contributed by atoms with Crippen LogP contribution in [0.2, 0.25) is 0 Å². The Labute approximate surface area is 163 Å². The number of hydrogen-bond donors (Lipinski definition) is 0. The molecule has 0 aliphatic rings. The van der Waals surface area contributed by atoms with E-state index in [9.17, 15) is 4.39 Å². The van der Waals surface area contributed by atoms with E-state index in [1.54, 1.807) is 12.1 Å². The fourth-order valence-electron chi connectivity index (χ4n) is 3.37.